The molecular weight excluding hydrogens is 1180 g/mol. The van der Waals surface area contributed by atoms with Crippen LogP contribution in [0.4, 0.5) is 0 Å². The van der Waals surface area contributed by atoms with E-state index >= 15 is 0 Å². The van der Waals surface area contributed by atoms with E-state index in [4.69, 9.17) is 42.6 Å². The molecular formula is C85H116O10. The topological polar surface area (TPSA) is 103 Å². The van der Waals surface area contributed by atoms with E-state index in [9.17, 15) is 5.11 Å². The predicted molar refractivity (Wildman–Crippen MR) is 389 cm³/mol. The van der Waals surface area contributed by atoms with Crippen LogP contribution in [0.5, 0.6) is 51.7 Å². The van der Waals surface area contributed by atoms with Crippen LogP contribution in [0.15, 0.2) is 158 Å². The first kappa shape index (κ1) is 75.1. The number of aliphatic hydroxyl groups is 1. The first-order valence-corrected chi connectivity index (χ1v) is 36.9. The molecule has 0 spiro atoms. The van der Waals surface area contributed by atoms with Gasteiger partial charge in [-0.2, -0.15) is 0 Å². The largest absolute Gasteiger partial charge is 0.494 e. The normalized spacial score (nSPS) is 11.2. The highest BCUT2D eigenvalue weighted by molar-refractivity contribution is 5.54. The summed E-state index contributed by atoms with van der Waals surface area (Å²) in [7, 11) is 0. The molecule has 516 valence electrons. The standard InChI is InChI=1S/C85H116O10/c1-4-7-10-13-16-19-22-25-28-31-58-87-77-46-34-70(35-47-77)64-90-80-52-40-73(41-53-80)67-93-83-61-76(63-86)62-84(94-68-74-42-54-81(55-43-74)91-65-71-36-48-78(49-37-71)88-59-32-29-26-23-20-17-14-11-8-5-2)85(83)95-69-75-44-56-82(57-45-75)92-66-72-38-50-79(51-39-72)89-60-33-30-27-24-21-18-15-12-9-6-3/h34-57,61-62,86H,4-33,58-60,63-69H2,1-3H3. The highest BCUT2D eigenvalue weighted by atomic mass is 16.5. The van der Waals surface area contributed by atoms with Crippen LogP contribution in [0.2, 0.25) is 0 Å². The SMILES string of the molecule is CCCCCCCCCCCCOc1ccc(COc2ccc(COc3cc(CO)cc(OCc4ccc(OCc5ccc(OCCCCCCCCCCCC)cc5)cc4)c3OCc3ccc(OCc4ccc(OCCCCCCCCCCCC)cc4)cc3)cc2)cc1. The zero-order valence-corrected chi connectivity index (χ0v) is 58.4. The molecule has 0 bridgehead atoms. The van der Waals surface area contributed by atoms with E-state index in [1.54, 1.807) is 0 Å². The van der Waals surface area contributed by atoms with Crippen molar-refractivity contribution in [2.24, 2.45) is 0 Å². The van der Waals surface area contributed by atoms with E-state index in [-0.39, 0.29) is 26.4 Å². The highest BCUT2D eigenvalue weighted by Gasteiger charge is 2.18. The molecule has 0 aliphatic rings. The van der Waals surface area contributed by atoms with Gasteiger partial charge in [-0.05, 0) is 143 Å². The number of ether oxygens (including phenoxy) is 9. The van der Waals surface area contributed by atoms with Gasteiger partial charge in [-0.15, -0.1) is 0 Å². The Labute approximate surface area is 572 Å². The minimum absolute atomic E-state index is 0.214. The number of hydrogen-bond donors (Lipinski definition) is 1. The van der Waals surface area contributed by atoms with Crippen molar-refractivity contribution >= 4 is 0 Å². The van der Waals surface area contributed by atoms with Gasteiger partial charge in [0.2, 0.25) is 5.75 Å². The Kier molecular flexibility index (Phi) is 37.6. The molecule has 0 saturated heterocycles. The molecule has 7 rings (SSSR count). The van der Waals surface area contributed by atoms with Gasteiger partial charge in [0.15, 0.2) is 11.5 Å². The summed E-state index contributed by atoms with van der Waals surface area (Å²) in [5, 5.41) is 10.5. The van der Waals surface area contributed by atoms with Gasteiger partial charge < -0.3 is 47.7 Å². The van der Waals surface area contributed by atoms with Crippen molar-refractivity contribution in [2.45, 2.75) is 260 Å². The van der Waals surface area contributed by atoms with Gasteiger partial charge in [-0.1, -0.05) is 267 Å². The third-order valence-electron chi connectivity index (χ3n) is 17.5. The molecule has 0 heterocycles. The average molecular weight is 1300 g/mol. The Bertz CT molecular complexity index is 2870. The first-order chi connectivity index (χ1) is 47.0. The van der Waals surface area contributed by atoms with Crippen LogP contribution >= 0.6 is 0 Å². The molecule has 7 aromatic carbocycles. The minimum Gasteiger partial charge on any atom is -0.494 e. The Hall–Kier alpha value is -7.30. The third kappa shape index (κ3) is 31.9. The number of rotatable bonds is 55. The summed E-state index contributed by atoms with van der Waals surface area (Å²) in [6.07, 6.45) is 39.3. The lowest BCUT2D eigenvalue weighted by Gasteiger charge is -2.19. The van der Waals surface area contributed by atoms with E-state index in [0.717, 1.165) is 107 Å². The van der Waals surface area contributed by atoms with Crippen molar-refractivity contribution in [1.82, 2.24) is 0 Å². The fraction of sp³-hybridized carbons (Fsp3) is 0.506. The molecule has 1 N–H and O–H groups in total. The van der Waals surface area contributed by atoms with Crippen LogP contribution in [0, 0.1) is 0 Å². The van der Waals surface area contributed by atoms with Crippen molar-refractivity contribution in [2.75, 3.05) is 19.8 Å². The second-order valence-electron chi connectivity index (χ2n) is 25.8. The summed E-state index contributed by atoms with van der Waals surface area (Å²) in [6.45, 7) is 10.9. The van der Waals surface area contributed by atoms with Gasteiger partial charge in [0.25, 0.3) is 0 Å². The smallest absolute Gasteiger partial charge is 0.203 e. The third-order valence-corrected chi connectivity index (χ3v) is 17.5. The number of unbranched alkanes of at least 4 members (excludes halogenated alkanes) is 27. The van der Waals surface area contributed by atoms with Gasteiger partial charge in [-0.25, -0.2) is 0 Å². The number of benzene rings is 7. The van der Waals surface area contributed by atoms with Crippen LogP contribution in [0.3, 0.4) is 0 Å². The summed E-state index contributed by atoms with van der Waals surface area (Å²) in [5.41, 5.74) is 6.64. The van der Waals surface area contributed by atoms with Gasteiger partial charge in [-0.3, -0.25) is 0 Å². The lowest BCUT2D eigenvalue weighted by molar-refractivity contribution is 0.226. The second kappa shape index (κ2) is 47.6. The minimum atomic E-state index is -0.214. The molecule has 0 aromatic heterocycles. The van der Waals surface area contributed by atoms with E-state index in [1.807, 2.05) is 121 Å². The van der Waals surface area contributed by atoms with Crippen LogP contribution in [-0.4, -0.2) is 24.9 Å². The van der Waals surface area contributed by atoms with Crippen LogP contribution in [0.1, 0.15) is 252 Å². The Morgan fingerprint density at radius 1 is 0.211 bits per heavy atom. The fourth-order valence-corrected chi connectivity index (χ4v) is 11.5. The van der Waals surface area contributed by atoms with Crippen molar-refractivity contribution in [3.63, 3.8) is 0 Å². The predicted octanol–water partition coefficient (Wildman–Crippen LogP) is 23.6. The quantitative estimate of drug-likeness (QED) is 0.0371. The molecule has 0 unspecified atom stereocenters. The summed E-state index contributed by atoms with van der Waals surface area (Å²) < 4.78 is 56.6. The Morgan fingerprint density at radius 3 is 0.642 bits per heavy atom. The van der Waals surface area contributed by atoms with E-state index in [1.165, 1.54) is 173 Å². The molecule has 0 aliphatic heterocycles. The monoisotopic (exact) mass is 1300 g/mol. The molecule has 0 amide bonds. The highest BCUT2D eigenvalue weighted by Crippen LogP contribution is 2.41. The molecule has 0 fully saturated rings. The molecule has 0 saturated carbocycles. The summed E-state index contributed by atoms with van der Waals surface area (Å²) >= 11 is 0. The van der Waals surface area contributed by atoms with Crippen LogP contribution in [-0.2, 0) is 46.2 Å². The number of aliphatic hydroxyl groups excluding tert-OH is 1. The van der Waals surface area contributed by atoms with Crippen LogP contribution in [0.25, 0.3) is 0 Å². The Balaban J connectivity index is 0.890. The van der Waals surface area contributed by atoms with Gasteiger partial charge in [0.05, 0.1) is 26.4 Å². The lowest BCUT2D eigenvalue weighted by atomic mass is 10.1. The summed E-state index contributed by atoms with van der Waals surface area (Å²) in [4.78, 5) is 0. The van der Waals surface area contributed by atoms with Gasteiger partial charge in [0, 0.05) is 0 Å². The van der Waals surface area contributed by atoms with Crippen molar-refractivity contribution < 1.29 is 47.7 Å². The summed E-state index contributed by atoms with van der Waals surface area (Å²) in [5.74, 6) is 6.29. The maximum absolute atomic E-state index is 10.5. The average Bonchev–Trinajstić information content (AvgIpc) is 0.922. The van der Waals surface area contributed by atoms with E-state index < -0.39 is 0 Å². The molecule has 7 aromatic rings. The molecule has 0 radical (unpaired) electrons. The fourth-order valence-electron chi connectivity index (χ4n) is 11.5. The van der Waals surface area contributed by atoms with Crippen molar-refractivity contribution in [3.8, 4) is 51.7 Å². The Morgan fingerprint density at radius 2 is 0.411 bits per heavy atom. The van der Waals surface area contributed by atoms with Crippen molar-refractivity contribution in [3.05, 3.63) is 197 Å². The second-order valence-corrected chi connectivity index (χ2v) is 25.8. The van der Waals surface area contributed by atoms with Crippen LogP contribution < -0.4 is 42.6 Å². The zero-order valence-electron chi connectivity index (χ0n) is 58.4. The zero-order chi connectivity index (χ0) is 66.3. The van der Waals surface area contributed by atoms with E-state index in [2.05, 4.69) is 57.2 Å². The molecule has 0 aliphatic carbocycles. The van der Waals surface area contributed by atoms with Crippen molar-refractivity contribution in [1.29, 1.82) is 0 Å². The van der Waals surface area contributed by atoms with Gasteiger partial charge >= 0.3 is 0 Å². The van der Waals surface area contributed by atoms with E-state index in [0.29, 0.717) is 42.6 Å². The molecule has 10 nitrogen and oxygen atoms in total. The maximum Gasteiger partial charge on any atom is 0.203 e. The molecule has 0 atom stereocenters. The van der Waals surface area contributed by atoms with Gasteiger partial charge in [0.1, 0.15) is 74.1 Å². The molecule has 10 heteroatoms. The number of hydrogen-bond acceptors (Lipinski definition) is 10. The molecule has 95 heavy (non-hydrogen) atoms. The summed E-state index contributed by atoms with van der Waals surface area (Å²) in [6, 6.07) is 52.0. The lowest BCUT2D eigenvalue weighted by Crippen LogP contribution is -2.05. The first-order valence-electron chi connectivity index (χ1n) is 36.9. The maximum atomic E-state index is 10.5.